The summed E-state index contributed by atoms with van der Waals surface area (Å²) < 4.78 is 0. The van der Waals surface area contributed by atoms with E-state index in [2.05, 4.69) is 5.32 Å². The zero-order valence-electron chi connectivity index (χ0n) is 10.9. The number of carbonyl (C=O) groups is 2. The van der Waals surface area contributed by atoms with Crippen LogP contribution in [0.5, 0.6) is 0 Å². The molecule has 0 unspecified atom stereocenters. The molecule has 0 radical (unpaired) electrons. The second-order valence-corrected chi connectivity index (χ2v) is 5.09. The third-order valence-corrected chi connectivity index (χ3v) is 3.14. The van der Waals surface area contributed by atoms with E-state index in [1.807, 2.05) is 13.8 Å². The van der Waals surface area contributed by atoms with Gasteiger partial charge in [-0.1, -0.05) is 13.8 Å². The molecule has 1 saturated heterocycles. The molecule has 1 aliphatic rings. The third kappa shape index (κ3) is 4.00. The highest BCUT2D eigenvalue weighted by atomic mass is 16.2. The number of hydrogen-bond acceptors (Lipinski definition) is 3. The third-order valence-electron chi connectivity index (χ3n) is 3.14. The summed E-state index contributed by atoms with van der Waals surface area (Å²) in [7, 11) is 0. The SMILES string of the molecule is CC(=O)N[C@@H]1CCCN(C(=O)[C@@H](N)C(C)C)C1. The van der Waals surface area contributed by atoms with Crippen molar-refractivity contribution >= 4 is 11.8 Å². The first-order valence-electron chi connectivity index (χ1n) is 6.23. The summed E-state index contributed by atoms with van der Waals surface area (Å²) in [6.45, 7) is 6.71. The Hall–Kier alpha value is -1.10. The molecule has 1 aliphatic heterocycles. The molecular weight excluding hydrogens is 218 g/mol. The minimum absolute atomic E-state index is 0.00458. The second kappa shape index (κ2) is 6.00. The van der Waals surface area contributed by atoms with E-state index in [9.17, 15) is 9.59 Å². The lowest BCUT2D eigenvalue weighted by Crippen LogP contribution is -2.54. The van der Waals surface area contributed by atoms with Crippen molar-refractivity contribution in [3.05, 3.63) is 0 Å². The van der Waals surface area contributed by atoms with Gasteiger partial charge in [0.25, 0.3) is 0 Å². The van der Waals surface area contributed by atoms with Gasteiger partial charge in [-0.15, -0.1) is 0 Å². The number of likely N-dealkylation sites (tertiary alicyclic amines) is 1. The quantitative estimate of drug-likeness (QED) is 0.735. The normalized spacial score (nSPS) is 22.4. The van der Waals surface area contributed by atoms with Crippen LogP contribution in [0.15, 0.2) is 0 Å². The van der Waals surface area contributed by atoms with E-state index in [1.165, 1.54) is 6.92 Å². The number of piperidine rings is 1. The molecule has 0 saturated carbocycles. The lowest BCUT2D eigenvalue weighted by molar-refractivity contribution is -0.135. The van der Waals surface area contributed by atoms with E-state index >= 15 is 0 Å². The first-order chi connectivity index (χ1) is 7.91. The smallest absolute Gasteiger partial charge is 0.239 e. The van der Waals surface area contributed by atoms with Crippen molar-refractivity contribution in [2.75, 3.05) is 13.1 Å². The Kier molecular flexibility index (Phi) is 4.93. The van der Waals surface area contributed by atoms with E-state index in [4.69, 9.17) is 5.73 Å². The largest absolute Gasteiger partial charge is 0.352 e. The zero-order valence-corrected chi connectivity index (χ0v) is 10.9. The molecule has 17 heavy (non-hydrogen) atoms. The molecule has 0 aromatic heterocycles. The van der Waals surface area contributed by atoms with Gasteiger partial charge in [0.05, 0.1) is 6.04 Å². The van der Waals surface area contributed by atoms with Gasteiger partial charge in [-0.2, -0.15) is 0 Å². The summed E-state index contributed by atoms with van der Waals surface area (Å²) in [6.07, 6.45) is 1.85. The van der Waals surface area contributed by atoms with Crippen LogP contribution >= 0.6 is 0 Å². The summed E-state index contributed by atoms with van der Waals surface area (Å²) in [6, 6.07) is -0.365. The van der Waals surface area contributed by atoms with Gasteiger partial charge in [0, 0.05) is 26.1 Å². The van der Waals surface area contributed by atoms with Crippen LogP contribution in [0.4, 0.5) is 0 Å². The number of carbonyl (C=O) groups excluding carboxylic acids is 2. The second-order valence-electron chi connectivity index (χ2n) is 5.09. The van der Waals surface area contributed by atoms with Crippen molar-refractivity contribution in [2.45, 2.75) is 45.7 Å². The number of rotatable bonds is 3. The molecule has 5 heteroatoms. The zero-order chi connectivity index (χ0) is 13.0. The number of nitrogens with one attached hydrogen (secondary N) is 1. The maximum absolute atomic E-state index is 12.1. The van der Waals surface area contributed by atoms with Gasteiger partial charge < -0.3 is 16.0 Å². The minimum Gasteiger partial charge on any atom is -0.352 e. The molecule has 3 N–H and O–H groups in total. The predicted octanol–water partition coefficient (Wildman–Crippen LogP) is 0.0968. The fourth-order valence-electron chi connectivity index (χ4n) is 2.08. The van der Waals surface area contributed by atoms with E-state index in [1.54, 1.807) is 4.90 Å². The Balaban J connectivity index is 2.54. The van der Waals surface area contributed by atoms with Crippen molar-refractivity contribution in [3.8, 4) is 0 Å². The summed E-state index contributed by atoms with van der Waals surface area (Å²) >= 11 is 0. The fourth-order valence-corrected chi connectivity index (χ4v) is 2.08. The first kappa shape index (κ1) is 14.0. The van der Waals surface area contributed by atoms with Gasteiger partial charge in [-0.25, -0.2) is 0 Å². The monoisotopic (exact) mass is 241 g/mol. The van der Waals surface area contributed by atoms with Crippen LogP contribution < -0.4 is 11.1 Å². The van der Waals surface area contributed by atoms with Crippen LogP contribution in [0.25, 0.3) is 0 Å². The molecular formula is C12H23N3O2. The highest BCUT2D eigenvalue weighted by Gasteiger charge is 2.28. The molecule has 0 spiro atoms. The molecule has 0 aromatic rings. The summed E-state index contributed by atoms with van der Waals surface area (Å²) in [5, 5.41) is 2.86. The number of nitrogens with two attached hydrogens (primary N) is 1. The molecule has 1 rings (SSSR count). The fraction of sp³-hybridized carbons (Fsp3) is 0.833. The van der Waals surface area contributed by atoms with Gasteiger partial charge in [0.15, 0.2) is 0 Å². The first-order valence-corrected chi connectivity index (χ1v) is 6.23. The van der Waals surface area contributed by atoms with E-state index in [0.29, 0.717) is 6.54 Å². The molecule has 2 amide bonds. The summed E-state index contributed by atoms with van der Waals surface area (Å²) in [5.74, 6) is 0.0937. The number of nitrogens with zero attached hydrogens (tertiary/aromatic N) is 1. The van der Waals surface area contributed by atoms with E-state index in [0.717, 1.165) is 19.4 Å². The van der Waals surface area contributed by atoms with Gasteiger partial charge in [-0.3, -0.25) is 9.59 Å². The molecule has 0 aliphatic carbocycles. The van der Waals surface area contributed by atoms with Crippen LogP contribution in [-0.2, 0) is 9.59 Å². The lowest BCUT2D eigenvalue weighted by atomic mass is 10.0. The molecule has 5 nitrogen and oxygen atoms in total. The van der Waals surface area contributed by atoms with Gasteiger partial charge in [0.2, 0.25) is 11.8 Å². The Morgan fingerprint density at radius 2 is 2.06 bits per heavy atom. The average Bonchev–Trinajstić information content (AvgIpc) is 2.26. The van der Waals surface area contributed by atoms with Crippen molar-refractivity contribution in [1.82, 2.24) is 10.2 Å². The highest BCUT2D eigenvalue weighted by Crippen LogP contribution is 2.13. The highest BCUT2D eigenvalue weighted by molar-refractivity contribution is 5.82. The van der Waals surface area contributed by atoms with Crippen molar-refractivity contribution < 1.29 is 9.59 Å². The van der Waals surface area contributed by atoms with Crippen LogP contribution in [0, 0.1) is 5.92 Å². The van der Waals surface area contributed by atoms with Crippen LogP contribution in [-0.4, -0.2) is 41.9 Å². The minimum atomic E-state index is -0.439. The maximum atomic E-state index is 12.1. The summed E-state index contributed by atoms with van der Waals surface area (Å²) in [4.78, 5) is 24.8. The molecule has 98 valence electrons. The number of hydrogen-bond donors (Lipinski definition) is 2. The standard InChI is InChI=1S/C12H23N3O2/c1-8(2)11(13)12(17)15-6-4-5-10(7-15)14-9(3)16/h8,10-11H,4-7,13H2,1-3H3,(H,14,16)/t10-,11+/m1/s1. The molecule has 2 atom stereocenters. The van der Waals surface area contributed by atoms with Gasteiger partial charge >= 0.3 is 0 Å². The number of amides is 2. The Morgan fingerprint density at radius 3 is 2.59 bits per heavy atom. The van der Waals surface area contributed by atoms with Crippen molar-refractivity contribution in [2.24, 2.45) is 11.7 Å². The van der Waals surface area contributed by atoms with E-state index in [-0.39, 0.29) is 23.8 Å². The molecule has 0 aromatic carbocycles. The molecule has 1 heterocycles. The van der Waals surface area contributed by atoms with Crippen molar-refractivity contribution in [1.29, 1.82) is 0 Å². The summed E-state index contributed by atoms with van der Waals surface area (Å²) in [5.41, 5.74) is 5.86. The van der Waals surface area contributed by atoms with Gasteiger partial charge in [0.1, 0.15) is 0 Å². The molecule has 0 bridgehead atoms. The molecule has 1 fully saturated rings. The van der Waals surface area contributed by atoms with Crippen LogP contribution in [0.2, 0.25) is 0 Å². The van der Waals surface area contributed by atoms with Gasteiger partial charge in [-0.05, 0) is 18.8 Å². The van der Waals surface area contributed by atoms with E-state index < -0.39 is 6.04 Å². The van der Waals surface area contributed by atoms with Crippen molar-refractivity contribution in [3.63, 3.8) is 0 Å². The lowest BCUT2D eigenvalue weighted by Gasteiger charge is -2.35. The predicted molar refractivity (Wildman–Crippen MR) is 66.2 cm³/mol. The average molecular weight is 241 g/mol. The van der Waals surface area contributed by atoms with Crippen LogP contribution in [0.1, 0.15) is 33.6 Å². The Bertz CT molecular complexity index is 291. The van der Waals surface area contributed by atoms with Crippen LogP contribution in [0.3, 0.4) is 0 Å². The topological polar surface area (TPSA) is 75.4 Å². The Labute approximate surface area is 103 Å². The Morgan fingerprint density at radius 1 is 1.41 bits per heavy atom. The maximum Gasteiger partial charge on any atom is 0.239 e.